The van der Waals surface area contributed by atoms with Crippen LogP contribution in [-0.4, -0.2) is 22.4 Å². The number of anilines is 2. The number of aryl methyl sites for hydroxylation is 1. The van der Waals surface area contributed by atoms with Crippen LogP contribution < -0.4 is 10.6 Å². The van der Waals surface area contributed by atoms with Crippen molar-refractivity contribution in [2.24, 2.45) is 0 Å². The summed E-state index contributed by atoms with van der Waals surface area (Å²) < 4.78 is 0.882. The van der Waals surface area contributed by atoms with Crippen molar-refractivity contribution in [2.45, 2.75) is 20.3 Å². The summed E-state index contributed by atoms with van der Waals surface area (Å²) in [6.45, 7) is 4.80. The zero-order valence-corrected chi connectivity index (χ0v) is 13.6. The van der Waals surface area contributed by atoms with E-state index in [0.29, 0.717) is 17.2 Å². The lowest BCUT2D eigenvalue weighted by atomic mass is 10.2. The number of aromatic nitrogens is 2. The highest BCUT2D eigenvalue weighted by Crippen LogP contribution is 2.18. The third-order valence-corrected chi connectivity index (χ3v) is 3.29. The van der Waals surface area contributed by atoms with Gasteiger partial charge < -0.3 is 10.6 Å². The topological polar surface area (TPSA) is 66.9 Å². The summed E-state index contributed by atoms with van der Waals surface area (Å²) in [6, 6.07) is 5.32. The third kappa shape index (κ3) is 4.26. The second-order valence-electron chi connectivity index (χ2n) is 4.63. The number of amides is 1. The molecule has 6 heteroatoms. The summed E-state index contributed by atoms with van der Waals surface area (Å²) in [4.78, 5) is 20.6. The van der Waals surface area contributed by atoms with Gasteiger partial charge in [-0.3, -0.25) is 4.79 Å². The average Bonchev–Trinajstić information content (AvgIpc) is 2.48. The van der Waals surface area contributed by atoms with Gasteiger partial charge in [-0.1, -0.05) is 6.92 Å². The smallest absolute Gasteiger partial charge is 0.257 e. The molecule has 5 nitrogen and oxygen atoms in total. The predicted octanol–water partition coefficient (Wildman–Crippen LogP) is 3.62. The Labute approximate surface area is 132 Å². The first-order valence-corrected chi connectivity index (χ1v) is 7.53. The Kier molecular flexibility index (Phi) is 5.27. The van der Waals surface area contributed by atoms with Gasteiger partial charge in [-0.25, -0.2) is 9.97 Å². The van der Waals surface area contributed by atoms with Gasteiger partial charge in [0, 0.05) is 29.0 Å². The molecular weight excluding hydrogens is 332 g/mol. The number of carbonyl (C=O) groups is 1. The van der Waals surface area contributed by atoms with E-state index in [1.165, 1.54) is 0 Å². The predicted molar refractivity (Wildman–Crippen MR) is 87.6 cm³/mol. The van der Waals surface area contributed by atoms with E-state index in [4.69, 9.17) is 0 Å². The van der Waals surface area contributed by atoms with Crippen molar-refractivity contribution in [1.82, 2.24) is 9.97 Å². The van der Waals surface area contributed by atoms with E-state index >= 15 is 0 Å². The molecule has 110 valence electrons. The van der Waals surface area contributed by atoms with Crippen LogP contribution in [-0.2, 0) is 0 Å². The van der Waals surface area contributed by atoms with Crippen LogP contribution in [0.25, 0.3) is 0 Å². The van der Waals surface area contributed by atoms with Crippen LogP contribution in [0.3, 0.4) is 0 Å². The number of hydrogen-bond acceptors (Lipinski definition) is 4. The number of halogens is 1. The Hall–Kier alpha value is -1.95. The monoisotopic (exact) mass is 348 g/mol. The van der Waals surface area contributed by atoms with E-state index in [0.717, 1.165) is 23.0 Å². The first-order chi connectivity index (χ1) is 10.1. The normalized spacial score (nSPS) is 10.2. The van der Waals surface area contributed by atoms with Crippen LogP contribution in [0, 0.1) is 6.92 Å². The highest BCUT2D eigenvalue weighted by atomic mass is 79.9. The second-order valence-corrected chi connectivity index (χ2v) is 5.55. The zero-order chi connectivity index (χ0) is 15.2. The lowest BCUT2D eigenvalue weighted by molar-refractivity contribution is 0.102. The Balaban J connectivity index is 2.12. The maximum absolute atomic E-state index is 12.3. The molecule has 2 heterocycles. The van der Waals surface area contributed by atoms with Crippen molar-refractivity contribution in [2.75, 3.05) is 17.2 Å². The van der Waals surface area contributed by atoms with Crippen molar-refractivity contribution >= 4 is 33.5 Å². The van der Waals surface area contributed by atoms with Crippen molar-refractivity contribution in [1.29, 1.82) is 0 Å². The summed E-state index contributed by atoms with van der Waals surface area (Å²) in [5, 5.41) is 5.97. The van der Waals surface area contributed by atoms with Gasteiger partial charge in [-0.05, 0) is 53.0 Å². The maximum Gasteiger partial charge on any atom is 0.257 e. The van der Waals surface area contributed by atoms with Crippen LogP contribution in [0.2, 0.25) is 0 Å². The van der Waals surface area contributed by atoms with Gasteiger partial charge in [0.25, 0.3) is 5.91 Å². The van der Waals surface area contributed by atoms with E-state index in [9.17, 15) is 4.79 Å². The summed E-state index contributed by atoms with van der Waals surface area (Å²) in [5.41, 5.74) is 1.45. The van der Waals surface area contributed by atoms with Crippen LogP contribution in [0.5, 0.6) is 0 Å². The molecule has 0 radical (unpaired) electrons. The second kappa shape index (κ2) is 7.17. The third-order valence-electron chi connectivity index (χ3n) is 2.86. The molecule has 2 aromatic heterocycles. The van der Waals surface area contributed by atoms with Gasteiger partial charge >= 0.3 is 0 Å². The molecule has 2 N–H and O–H groups in total. The number of pyridine rings is 2. The summed E-state index contributed by atoms with van der Waals surface area (Å²) in [7, 11) is 0. The molecule has 21 heavy (non-hydrogen) atoms. The van der Waals surface area contributed by atoms with E-state index < -0.39 is 0 Å². The van der Waals surface area contributed by atoms with Crippen molar-refractivity contribution in [3.8, 4) is 0 Å². The fourth-order valence-electron chi connectivity index (χ4n) is 1.77. The van der Waals surface area contributed by atoms with Crippen molar-refractivity contribution in [3.05, 3.63) is 46.2 Å². The molecule has 0 saturated carbocycles. The van der Waals surface area contributed by atoms with Gasteiger partial charge in [0.15, 0.2) is 0 Å². The number of nitrogens with zero attached hydrogens (tertiary/aromatic N) is 2. The quantitative estimate of drug-likeness (QED) is 0.865. The van der Waals surface area contributed by atoms with E-state index in [1.807, 2.05) is 13.0 Å². The van der Waals surface area contributed by atoms with Crippen LogP contribution in [0.4, 0.5) is 11.6 Å². The fourth-order valence-corrected chi connectivity index (χ4v) is 2.22. The first kappa shape index (κ1) is 15.4. The van der Waals surface area contributed by atoms with E-state index in [2.05, 4.69) is 43.5 Å². The Morgan fingerprint density at radius 3 is 2.86 bits per heavy atom. The maximum atomic E-state index is 12.3. The van der Waals surface area contributed by atoms with Crippen molar-refractivity contribution in [3.63, 3.8) is 0 Å². The van der Waals surface area contributed by atoms with Crippen LogP contribution in [0.15, 0.2) is 35.1 Å². The molecule has 0 unspecified atom stereocenters. The molecule has 1 amide bonds. The van der Waals surface area contributed by atoms with Crippen molar-refractivity contribution < 1.29 is 4.79 Å². The first-order valence-electron chi connectivity index (χ1n) is 6.73. The lowest BCUT2D eigenvalue weighted by Gasteiger charge is -2.09. The zero-order valence-electron chi connectivity index (χ0n) is 12.0. The lowest BCUT2D eigenvalue weighted by Crippen LogP contribution is -2.14. The minimum absolute atomic E-state index is 0.199. The molecule has 0 aromatic carbocycles. The Bertz CT molecular complexity index is 645. The fraction of sp³-hybridized carbons (Fsp3) is 0.267. The molecule has 0 saturated heterocycles. The SMILES string of the molecule is CCCNc1cc(C(=O)Nc2ncc(Br)cc2C)ccn1. The minimum Gasteiger partial charge on any atom is -0.370 e. The molecule has 2 rings (SSSR count). The highest BCUT2D eigenvalue weighted by Gasteiger charge is 2.10. The highest BCUT2D eigenvalue weighted by molar-refractivity contribution is 9.10. The molecule has 2 aromatic rings. The summed E-state index contributed by atoms with van der Waals surface area (Å²) in [6.07, 6.45) is 4.28. The van der Waals surface area contributed by atoms with Crippen LogP contribution in [0.1, 0.15) is 29.3 Å². The van der Waals surface area contributed by atoms with Gasteiger partial charge in [-0.2, -0.15) is 0 Å². The molecule has 0 aliphatic rings. The van der Waals surface area contributed by atoms with Gasteiger partial charge in [0.1, 0.15) is 11.6 Å². The van der Waals surface area contributed by atoms with E-state index in [-0.39, 0.29) is 5.91 Å². The number of rotatable bonds is 5. The summed E-state index contributed by atoms with van der Waals surface area (Å²) >= 11 is 3.35. The van der Waals surface area contributed by atoms with Crippen LogP contribution >= 0.6 is 15.9 Å². The molecule has 0 fully saturated rings. The standard InChI is InChI=1S/C15H17BrN4O/c1-3-5-17-13-8-11(4-6-18-13)15(21)20-14-10(2)7-12(16)9-19-14/h4,6-9H,3,5H2,1-2H3,(H,17,18)(H,19,20,21). The van der Waals surface area contributed by atoms with E-state index in [1.54, 1.807) is 24.5 Å². The van der Waals surface area contributed by atoms with Gasteiger partial charge in [-0.15, -0.1) is 0 Å². The Morgan fingerprint density at radius 1 is 1.33 bits per heavy atom. The average molecular weight is 349 g/mol. The molecule has 0 bridgehead atoms. The molecule has 0 aliphatic heterocycles. The molecule has 0 atom stereocenters. The number of nitrogens with one attached hydrogen (secondary N) is 2. The Morgan fingerprint density at radius 2 is 2.14 bits per heavy atom. The largest absolute Gasteiger partial charge is 0.370 e. The summed E-state index contributed by atoms with van der Waals surface area (Å²) in [5.74, 6) is 1.06. The minimum atomic E-state index is -0.199. The molecular formula is C15H17BrN4O. The molecule has 0 aliphatic carbocycles. The van der Waals surface area contributed by atoms with Gasteiger partial charge in [0.2, 0.25) is 0 Å². The molecule has 0 spiro atoms. The van der Waals surface area contributed by atoms with Gasteiger partial charge in [0.05, 0.1) is 0 Å². The number of hydrogen-bond donors (Lipinski definition) is 2. The number of carbonyl (C=O) groups excluding carboxylic acids is 1.